The molecule has 0 atom stereocenters. The van der Waals surface area contributed by atoms with E-state index in [0.29, 0.717) is 29.7 Å². The van der Waals surface area contributed by atoms with E-state index in [1.807, 2.05) is 54.6 Å². The number of rotatable bonds is 7. The minimum atomic E-state index is 0.383. The van der Waals surface area contributed by atoms with Crippen LogP contribution in [-0.2, 0) is 13.2 Å². The van der Waals surface area contributed by atoms with Crippen molar-refractivity contribution in [3.05, 3.63) is 85.4 Å². The summed E-state index contributed by atoms with van der Waals surface area (Å²) in [4.78, 5) is 0. The van der Waals surface area contributed by atoms with Gasteiger partial charge in [-0.25, -0.2) is 0 Å². The summed E-state index contributed by atoms with van der Waals surface area (Å²) in [5.74, 6) is 1.41. The first kappa shape index (κ1) is 20.1. The predicted molar refractivity (Wildman–Crippen MR) is 120 cm³/mol. The largest absolute Gasteiger partial charge is 0.493 e. The SMILES string of the molecule is COc1cc(CNc2ccc(Cl)cc2)cc(I)c1OCc1ccccc1Cl. The summed E-state index contributed by atoms with van der Waals surface area (Å²) in [5, 5.41) is 4.78. The van der Waals surface area contributed by atoms with Crippen LogP contribution in [0, 0.1) is 3.57 Å². The highest BCUT2D eigenvalue weighted by Gasteiger charge is 2.13. The van der Waals surface area contributed by atoms with E-state index >= 15 is 0 Å². The van der Waals surface area contributed by atoms with E-state index < -0.39 is 0 Å². The Kier molecular flexibility index (Phi) is 7.10. The average Bonchev–Trinajstić information content (AvgIpc) is 2.67. The van der Waals surface area contributed by atoms with Gasteiger partial charge in [-0.2, -0.15) is 0 Å². The lowest BCUT2D eigenvalue weighted by Crippen LogP contribution is -2.04. The van der Waals surface area contributed by atoms with Gasteiger partial charge in [0.1, 0.15) is 6.61 Å². The van der Waals surface area contributed by atoms with Gasteiger partial charge in [0.05, 0.1) is 10.7 Å². The quantitative estimate of drug-likeness (QED) is 0.352. The summed E-state index contributed by atoms with van der Waals surface area (Å²) < 4.78 is 12.5. The van der Waals surface area contributed by atoms with E-state index in [1.54, 1.807) is 7.11 Å². The Labute approximate surface area is 182 Å². The standard InChI is InChI=1S/C21H18Cl2INO2/c1-26-20-11-14(12-25-17-8-6-16(22)7-9-17)10-19(24)21(20)27-13-15-4-2-3-5-18(15)23/h2-11,25H,12-13H2,1H3. The molecule has 0 radical (unpaired) electrons. The fourth-order valence-electron chi connectivity index (χ4n) is 2.55. The van der Waals surface area contributed by atoms with Crippen molar-refractivity contribution in [2.24, 2.45) is 0 Å². The third kappa shape index (κ3) is 5.43. The van der Waals surface area contributed by atoms with Crippen molar-refractivity contribution in [1.82, 2.24) is 0 Å². The molecule has 3 rings (SSSR count). The van der Waals surface area contributed by atoms with Gasteiger partial charge in [0.2, 0.25) is 0 Å². The first-order valence-electron chi connectivity index (χ1n) is 8.29. The molecule has 0 spiro atoms. The fraction of sp³-hybridized carbons (Fsp3) is 0.143. The maximum absolute atomic E-state index is 6.21. The van der Waals surface area contributed by atoms with Gasteiger partial charge in [-0.3, -0.25) is 0 Å². The van der Waals surface area contributed by atoms with E-state index in [2.05, 4.69) is 34.0 Å². The molecule has 0 aliphatic rings. The van der Waals surface area contributed by atoms with Gasteiger partial charge >= 0.3 is 0 Å². The molecule has 27 heavy (non-hydrogen) atoms. The molecule has 140 valence electrons. The topological polar surface area (TPSA) is 30.5 Å². The summed E-state index contributed by atoms with van der Waals surface area (Å²) in [6.07, 6.45) is 0. The molecule has 3 nitrogen and oxygen atoms in total. The first-order valence-corrected chi connectivity index (χ1v) is 10.1. The number of hydrogen-bond donors (Lipinski definition) is 1. The number of halogens is 3. The molecule has 0 aromatic heterocycles. The smallest absolute Gasteiger partial charge is 0.174 e. The highest BCUT2D eigenvalue weighted by Crippen LogP contribution is 2.35. The molecule has 0 saturated heterocycles. The van der Waals surface area contributed by atoms with E-state index in [-0.39, 0.29) is 0 Å². The van der Waals surface area contributed by atoms with Crippen molar-refractivity contribution < 1.29 is 9.47 Å². The van der Waals surface area contributed by atoms with Gasteiger partial charge in [0.15, 0.2) is 11.5 Å². The van der Waals surface area contributed by atoms with Gasteiger partial charge in [-0.05, 0) is 70.6 Å². The molecule has 0 aliphatic carbocycles. The Morgan fingerprint density at radius 3 is 2.44 bits per heavy atom. The normalized spacial score (nSPS) is 10.5. The number of methoxy groups -OCH3 is 1. The number of benzene rings is 3. The molecule has 0 aliphatic heterocycles. The zero-order chi connectivity index (χ0) is 19.2. The Bertz CT molecular complexity index is 917. The maximum Gasteiger partial charge on any atom is 0.174 e. The van der Waals surface area contributed by atoms with Crippen molar-refractivity contribution in [3.8, 4) is 11.5 Å². The minimum absolute atomic E-state index is 0.383. The summed E-state index contributed by atoms with van der Waals surface area (Å²) in [6, 6.07) is 19.3. The van der Waals surface area contributed by atoms with Gasteiger partial charge in [0.25, 0.3) is 0 Å². The van der Waals surface area contributed by atoms with Crippen LogP contribution in [0.1, 0.15) is 11.1 Å². The monoisotopic (exact) mass is 513 g/mol. The van der Waals surface area contributed by atoms with Crippen LogP contribution in [-0.4, -0.2) is 7.11 Å². The molecule has 0 saturated carbocycles. The van der Waals surface area contributed by atoms with Crippen molar-refractivity contribution >= 4 is 51.5 Å². The lowest BCUT2D eigenvalue weighted by atomic mass is 10.2. The van der Waals surface area contributed by atoms with Crippen LogP contribution >= 0.6 is 45.8 Å². The number of hydrogen-bond acceptors (Lipinski definition) is 3. The van der Waals surface area contributed by atoms with Crippen LogP contribution < -0.4 is 14.8 Å². The van der Waals surface area contributed by atoms with Gasteiger partial charge in [-0.1, -0.05) is 41.4 Å². The fourth-order valence-corrected chi connectivity index (χ4v) is 3.69. The van der Waals surface area contributed by atoms with Crippen LogP contribution in [0.2, 0.25) is 10.0 Å². The lowest BCUT2D eigenvalue weighted by Gasteiger charge is -2.15. The minimum Gasteiger partial charge on any atom is -0.493 e. The van der Waals surface area contributed by atoms with Crippen LogP contribution in [0.3, 0.4) is 0 Å². The molecule has 1 N–H and O–H groups in total. The number of ether oxygens (including phenoxy) is 2. The highest BCUT2D eigenvalue weighted by molar-refractivity contribution is 14.1. The molecule has 0 heterocycles. The number of nitrogens with one attached hydrogen (secondary N) is 1. The zero-order valence-corrected chi connectivity index (χ0v) is 18.3. The van der Waals surface area contributed by atoms with Crippen molar-refractivity contribution in [1.29, 1.82) is 0 Å². The zero-order valence-electron chi connectivity index (χ0n) is 14.6. The molecule has 0 amide bonds. The van der Waals surface area contributed by atoms with Crippen molar-refractivity contribution in [3.63, 3.8) is 0 Å². The Balaban J connectivity index is 1.72. The highest BCUT2D eigenvalue weighted by atomic mass is 127. The van der Waals surface area contributed by atoms with Crippen LogP contribution in [0.5, 0.6) is 11.5 Å². The lowest BCUT2D eigenvalue weighted by molar-refractivity contribution is 0.282. The van der Waals surface area contributed by atoms with Gasteiger partial charge in [-0.15, -0.1) is 0 Å². The summed E-state index contributed by atoms with van der Waals surface area (Å²) in [5.41, 5.74) is 3.04. The molecule has 0 bridgehead atoms. The summed E-state index contributed by atoms with van der Waals surface area (Å²) in [6.45, 7) is 1.05. The van der Waals surface area contributed by atoms with E-state index in [9.17, 15) is 0 Å². The second kappa shape index (κ2) is 9.53. The van der Waals surface area contributed by atoms with E-state index in [4.69, 9.17) is 32.7 Å². The Morgan fingerprint density at radius 2 is 1.74 bits per heavy atom. The molecular formula is C21H18Cl2INO2. The molecule has 6 heteroatoms. The summed E-state index contributed by atoms with van der Waals surface area (Å²) >= 11 is 14.4. The predicted octanol–water partition coefficient (Wildman–Crippen LogP) is 6.80. The average molecular weight is 514 g/mol. The van der Waals surface area contributed by atoms with Crippen LogP contribution in [0.15, 0.2) is 60.7 Å². The third-order valence-corrected chi connectivity index (χ3v) is 5.38. The molecule has 0 fully saturated rings. The molecule has 3 aromatic rings. The Hall–Kier alpha value is -1.63. The Morgan fingerprint density at radius 1 is 1.00 bits per heavy atom. The molecule has 3 aromatic carbocycles. The van der Waals surface area contributed by atoms with Crippen LogP contribution in [0.25, 0.3) is 0 Å². The molecule has 0 unspecified atom stereocenters. The van der Waals surface area contributed by atoms with Crippen molar-refractivity contribution in [2.75, 3.05) is 12.4 Å². The van der Waals surface area contributed by atoms with Crippen LogP contribution in [0.4, 0.5) is 5.69 Å². The summed E-state index contributed by atoms with van der Waals surface area (Å²) in [7, 11) is 1.64. The maximum atomic E-state index is 6.21. The first-order chi connectivity index (χ1) is 13.1. The van der Waals surface area contributed by atoms with E-state index in [0.717, 1.165) is 25.4 Å². The molecular weight excluding hydrogens is 496 g/mol. The number of anilines is 1. The second-order valence-corrected chi connectivity index (χ2v) is 7.86. The van der Waals surface area contributed by atoms with Crippen molar-refractivity contribution in [2.45, 2.75) is 13.2 Å². The second-order valence-electron chi connectivity index (χ2n) is 5.85. The van der Waals surface area contributed by atoms with E-state index in [1.165, 1.54) is 0 Å². The van der Waals surface area contributed by atoms with Gasteiger partial charge in [0, 0.05) is 27.8 Å². The third-order valence-electron chi connectivity index (χ3n) is 3.96. The van der Waals surface area contributed by atoms with Gasteiger partial charge < -0.3 is 14.8 Å².